The second-order valence-electron chi connectivity index (χ2n) is 5.69. The molecule has 1 aliphatic rings. The molecule has 0 aromatic heterocycles. The van der Waals surface area contributed by atoms with Gasteiger partial charge in [-0.3, -0.25) is 4.79 Å². The Morgan fingerprint density at radius 3 is 2.76 bits per heavy atom. The third-order valence-electron chi connectivity index (χ3n) is 4.33. The predicted molar refractivity (Wildman–Crippen MR) is 88.8 cm³/mol. The van der Waals surface area contributed by atoms with Gasteiger partial charge in [0.15, 0.2) is 0 Å². The summed E-state index contributed by atoms with van der Waals surface area (Å²) < 4.78 is 5.50. The molecule has 116 valence electrons. The summed E-state index contributed by atoms with van der Waals surface area (Å²) in [5, 5.41) is 0.765. The summed E-state index contributed by atoms with van der Waals surface area (Å²) in [6.07, 6.45) is 0.995. The Balaban J connectivity index is 2.25. The van der Waals surface area contributed by atoms with Crippen molar-refractivity contribution in [3.8, 4) is 0 Å². The molecule has 3 unspecified atom stereocenters. The number of benzene rings is 1. The van der Waals surface area contributed by atoms with Crippen molar-refractivity contribution in [2.45, 2.75) is 32.2 Å². The first-order chi connectivity index (χ1) is 10.2. The molecule has 1 saturated heterocycles. The molecule has 0 saturated carbocycles. The highest BCUT2D eigenvalue weighted by Crippen LogP contribution is 2.30. The number of morpholine rings is 1. The minimum Gasteiger partial charge on any atom is -0.377 e. The predicted octanol–water partition coefficient (Wildman–Crippen LogP) is 3.44. The first-order valence-electron chi connectivity index (χ1n) is 7.68. The maximum atomic E-state index is 13.1. The van der Waals surface area contributed by atoms with Crippen LogP contribution in [0.25, 0.3) is 0 Å². The normalized spacial score (nSPS) is 21.9. The maximum absolute atomic E-state index is 13.1. The average Bonchev–Trinajstić information content (AvgIpc) is 2.55. The summed E-state index contributed by atoms with van der Waals surface area (Å²) in [5.74, 6) is 0.512. The van der Waals surface area contributed by atoms with Gasteiger partial charge in [0, 0.05) is 11.9 Å². The molecule has 1 aliphatic heterocycles. The first-order valence-corrected chi connectivity index (χ1v) is 8.80. The van der Waals surface area contributed by atoms with Gasteiger partial charge in [-0.25, -0.2) is 0 Å². The fourth-order valence-electron chi connectivity index (χ4n) is 2.86. The fraction of sp³-hybridized carbons (Fsp3) is 0.588. The lowest BCUT2D eigenvalue weighted by molar-refractivity contribution is -0.141. The van der Waals surface area contributed by atoms with Gasteiger partial charge in [-0.2, -0.15) is 0 Å². The molecule has 21 heavy (non-hydrogen) atoms. The van der Waals surface area contributed by atoms with Gasteiger partial charge >= 0.3 is 0 Å². The SMILES string of the molecule is CCC(C)C(C(=O)N1CCOCC1CBr)c1ccccc1. The maximum Gasteiger partial charge on any atom is 0.230 e. The molecule has 1 aromatic rings. The van der Waals surface area contributed by atoms with Crippen molar-refractivity contribution in [2.75, 3.05) is 25.1 Å². The Morgan fingerprint density at radius 1 is 1.43 bits per heavy atom. The van der Waals surface area contributed by atoms with Crippen LogP contribution < -0.4 is 0 Å². The standard InChI is InChI=1S/C17H24BrNO2/c1-3-13(2)16(14-7-5-4-6-8-14)17(20)19-9-10-21-12-15(19)11-18/h4-8,13,15-16H,3,9-12H2,1-2H3. The highest BCUT2D eigenvalue weighted by Gasteiger charge is 2.34. The zero-order valence-electron chi connectivity index (χ0n) is 12.8. The lowest BCUT2D eigenvalue weighted by atomic mass is 9.84. The van der Waals surface area contributed by atoms with Crippen LogP contribution in [0.4, 0.5) is 0 Å². The number of carbonyl (C=O) groups excluding carboxylic acids is 1. The molecule has 1 fully saturated rings. The van der Waals surface area contributed by atoms with E-state index in [1.165, 1.54) is 0 Å². The summed E-state index contributed by atoms with van der Waals surface area (Å²) in [4.78, 5) is 15.1. The molecule has 0 N–H and O–H groups in total. The molecule has 0 radical (unpaired) electrons. The minimum absolute atomic E-state index is 0.0594. The molecule has 0 aliphatic carbocycles. The van der Waals surface area contributed by atoms with Crippen molar-refractivity contribution in [1.29, 1.82) is 0 Å². The van der Waals surface area contributed by atoms with Gasteiger partial charge in [-0.1, -0.05) is 66.5 Å². The highest BCUT2D eigenvalue weighted by atomic mass is 79.9. The number of amides is 1. The number of halogens is 1. The molecule has 1 aromatic carbocycles. The number of alkyl halides is 1. The Morgan fingerprint density at radius 2 is 2.14 bits per heavy atom. The summed E-state index contributed by atoms with van der Waals surface area (Å²) in [6, 6.07) is 10.3. The largest absolute Gasteiger partial charge is 0.377 e. The molecule has 1 amide bonds. The number of carbonyl (C=O) groups is 1. The summed E-state index contributed by atoms with van der Waals surface area (Å²) >= 11 is 3.51. The van der Waals surface area contributed by atoms with Crippen LogP contribution in [0.1, 0.15) is 31.7 Å². The van der Waals surface area contributed by atoms with Crippen LogP contribution in [0, 0.1) is 5.92 Å². The second kappa shape index (κ2) is 7.95. The van der Waals surface area contributed by atoms with E-state index >= 15 is 0 Å². The number of ether oxygens (including phenoxy) is 1. The van der Waals surface area contributed by atoms with E-state index in [1.54, 1.807) is 0 Å². The molecule has 0 bridgehead atoms. The number of rotatable bonds is 5. The van der Waals surface area contributed by atoms with Crippen LogP contribution in [0.5, 0.6) is 0 Å². The average molecular weight is 354 g/mol. The van der Waals surface area contributed by atoms with Crippen LogP contribution in [-0.4, -0.2) is 41.9 Å². The van der Waals surface area contributed by atoms with Gasteiger partial charge in [-0.05, 0) is 11.5 Å². The monoisotopic (exact) mass is 353 g/mol. The van der Waals surface area contributed by atoms with Crippen LogP contribution in [0.15, 0.2) is 30.3 Å². The number of hydrogen-bond donors (Lipinski definition) is 0. The van der Waals surface area contributed by atoms with Crippen molar-refractivity contribution in [3.63, 3.8) is 0 Å². The van der Waals surface area contributed by atoms with Crippen molar-refractivity contribution in [2.24, 2.45) is 5.92 Å². The topological polar surface area (TPSA) is 29.5 Å². The molecular formula is C17H24BrNO2. The highest BCUT2D eigenvalue weighted by molar-refractivity contribution is 9.09. The Hall–Kier alpha value is -0.870. The molecule has 4 heteroatoms. The van der Waals surface area contributed by atoms with Gasteiger partial charge in [0.1, 0.15) is 0 Å². The molecular weight excluding hydrogens is 330 g/mol. The number of nitrogens with zero attached hydrogens (tertiary/aromatic N) is 1. The Kier molecular flexibility index (Phi) is 6.24. The van der Waals surface area contributed by atoms with E-state index in [0.29, 0.717) is 25.7 Å². The van der Waals surface area contributed by atoms with Crippen molar-refractivity contribution < 1.29 is 9.53 Å². The molecule has 0 spiro atoms. The molecule has 1 heterocycles. The third-order valence-corrected chi connectivity index (χ3v) is 5.07. The molecule has 3 nitrogen and oxygen atoms in total. The van der Waals surface area contributed by atoms with E-state index in [-0.39, 0.29) is 17.9 Å². The Bertz CT molecular complexity index is 451. The van der Waals surface area contributed by atoms with Crippen molar-refractivity contribution in [3.05, 3.63) is 35.9 Å². The first kappa shape index (κ1) is 16.5. The zero-order valence-corrected chi connectivity index (χ0v) is 14.4. The van der Waals surface area contributed by atoms with Crippen LogP contribution in [-0.2, 0) is 9.53 Å². The van der Waals surface area contributed by atoms with E-state index in [2.05, 4.69) is 41.9 Å². The van der Waals surface area contributed by atoms with E-state index in [0.717, 1.165) is 17.3 Å². The summed E-state index contributed by atoms with van der Waals surface area (Å²) in [6.45, 7) is 6.26. The lowest BCUT2D eigenvalue weighted by Gasteiger charge is -2.38. The van der Waals surface area contributed by atoms with Crippen LogP contribution in [0.3, 0.4) is 0 Å². The van der Waals surface area contributed by atoms with E-state index in [4.69, 9.17) is 4.74 Å². The molecule has 3 atom stereocenters. The van der Waals surface area contributed by atoms with Crippen LogP contribution >= 0.6 is 15.9 Å². The quantitative estimate of drug-likeness (QED) is 0.758. The van der Waals surface area contributed by atoms with Gasteiger partial charge in [0.2, 0.25) is 5.91 Å². The van der Waals surface area contributed by atoms with Crippen molar-refractivity contribution >= 4 is 21.8 Å². The third kappa shape index (κ3) is 3.86. The van der Waals surface area contributed by atoms with Crippen molar-refractivity contribution in [1.82, 2.24) is 4.90 Å². The van der Waals surface area contributed by atoms with Gasteiger partial charge < -0.3 is 9.64 Å². The van der Waals surface area contributed by atoms with Gasteiger partial charge in [-0.15, -0.1) is 0 Å². The van der Waals surface area contributed by atoms with Gasteiger partial charge in [0.25, 0.3) is 0 Å². The van der Waals surface area contributed by atoms with E-state index in [1.807, 2.05) is 23.1 Å². The Labute approximate surface area is 135 Å². The second-order valence-corrected chi connectivity index (χ2v) is 6.34. The molecule has 2 rings (SSSR count). The summed E-state index contributed by atoms with van der Waals surface area (Å²) in [7, 11) is 0. The van der Waals surface area contributed by atoms with E-state index in [9.17, 15) is 4.79 Å². The van der Waals surface area contributed by atoms with E-state index < -0.39 is 0 Å². The lowest BCUT2D eigenvalue weighted by Crippen LogP contribution is -2.51. The van der Waals surface area contributed by atoms with Crippen LogP contribution in [0.2, 0.25) is 0 Å². The smallest absolute Gasteiger partial charge is 0.230 e. The number of hydrogen-bond acceptors (Lipinski definition) is 2. The summed E-state index contributed by atoms with van der Waals surface area (Å²) in [5.41, 5.74) is 1.12. The minimum atomic E-state index is -0.0594. The zero-order chi connectivity index (χ0) is 15.2. The fourth-order valence-corrected chi connectivity index (χ4v) is 3.40. The van der Waals surface area contributed by atoms with Gasteiger partial charge in [0.05, 0.1) is 25.2 Å².